The monoisotopic (exact) mass is 423 g/mol. The largest absolute Gasteiger partial charge is 0.490 e. The van der Waals surface area contributed by atoms with Crippen molar-refractivity contribution in [1.29, 1.82) is 0 Å². The highest BCUT2D eigenvalue weighted by Crippen LogP contribution is 2.29. The van der Waals surface area contributed by atoms with Gasteiger partial charge in [0, 0.05) is 10.5 Å². The van der Waals surface area contributed by atoms with Crippen LogP contribution in [0.5, 0.6) is 11.5 Å². The number of anilines is 1. The third-order valence-electron chi connectivity index (χ3n) is 3.18. The van der Waals surface area contributed by atoms with Crippen LogP contribution in [-0.4, -0.2) is 19.1 Å². The van der Waals surface area contributed by atoms with Crippen LogP contribution in [0.15, 0.2) is 46.9 Å². The summed E-state index contributed by atoms with van der Waals surface area (Å²) in [6.07, 6.45) is 3.16. The number of carbonyl (C=O) groups excluding carboxylic acids is 1. The second-order valence-electron chi connectivity index (χ2n) is 5.02. The van der Waals surface area contributed by atoms with Crippen LogP contribution >= 0.6 is 27.5 Å². The van der Waals surface area contributed by atoms with Crippen molar-refractivity contribution in [1.82, 2.24) is 0 Å². The molecule has 0 saturated heterocycles. The molecule has 0 saturated carbocycles. The van der Waals surface area contributed by atoms with E-state index in [9.17, 15) is 4.79 Å². The van der Waals surface area contributed by atoms with Crippen LogP contribution in [0.25, 0.3) is 6.08 Å². The number of benzene rings is 2. The lowest BCUT2D eigenvalue weighted by molar-refractivity contribution is -0.111. The number of amides is 1. The first-order valence-electron chi connectivity index (χ1n) is 7.87. The Kier molecular flexibility index (Phi) is 7.34. The minimum absolute atomic E-state index is 0.268. The van der Waals surface area contributed by atoms with Crippen LogP contribution in [0.2, 0.25) is 5.02 Å². The molecule has 0 aromatic heterocycles. The maximum absolute atomic E-state index is 12.1. The molecular weight excluding hydrogens is 406 g/mol. The van der Waals surface area contributed by atoms with Crippen molar-refractivity contribution in [3.05, 3.63) is 57.5 Å². The lowest BCUT2D eigenvalue weighted by Crippen LogP contribution is -2.08. The normalized spacial score (nSPS) is 10.7. The molecule has 2 aromatic rings. The van der Waals surface area contributed by atoms with Crippen LogP contribution in [-0.2, 0) is 4.79 Å². The Labute approximate surface area is 160 Å². The molecule has 4 nitrogen and oxygen atoms in total. The Balaban J connectivity index is 2.09. The van der Waals surface area contributed by atoms with Crippen molar-refractivity contribution in [3.8, 4) is 11.5 Å². The van der Waals surface area contributed by atoms with E-state index in [1.54, 1.807) is 18.2 Å². The molecule has 0 bridgehead atoms. The Morgan fingerprint density at radius 3 is 2.52 bits per heavy atom. The van der Waals surface area contributed by atoms with Gasteiger partial charge < -0.3 is 14.8 Å². The molecule has 25 heavy (non-hydrogen) atoms. The van der Waals surface area contributed by atoms with Gasteiger partial charge in [0.2, 0.25) is 5.91 Å². The number of rotatable bonds is 7. The van der Waals surface area contributed by atoms with Gasteiger partial charge in [-0.15, -0.1) is 0 Å². The van der Waals surface area contributed by atoms with Gasteiger partial charge in [0.1, 0.15) is 0 Å². The first-order chi connectivity index (χ1) is 12.0. The molecule has 0 spiro atoms. The van der Waals surface area contributed by atoms with E-state index in [-0.39, 0.29) is 5.91 Å². The van der Waals surface area contributed by atoms with E-state index in [1.165, 1.54) is 6.08 Å². The van der Waals surface area contributed by atoms with Crippen molar-refractivity contribution in [2.75, 3.05) is 18.5 Å². The summed E-state index contributed by atoms with van der Waals surface area (Å²) in [4.78, 5) is 12.1. The zero-order valence-corrected chi connectivity index (χ0v) is 16.4. The summed E-state index contributed by atoms with van der Waals surface area (Å²) >= 11 is 9.42. The lowest BCUT2D eigenvalue weighted by Gasteiger charge is -2.11. The highest BCUT2D eigenvalue weighted by molar-refractivity contribution is 9.10. The van der Waals surface area contributed by atoms with Crippen LogP contribution in [0.3, 0.4) is 0 Å². The van der Waals surface area contributed by atoms with Gasteiger partial charge in [-0.05, 0) is 55.8 Å². The summed E-state index contributed by atoms with van der Waals surface area (Å²) in [6.45, 7) is 4.93. The Hall–Kier alpha value is -1.98. The van der Waals surface area contributed by atoms with E-state index in [0.717, 1.165) is 10.0 Å². The minimum atomic E-state index is -0.268. The Bertz CT molecular complexity index is 777. The average Bonchev–Trinajstić information content (AvgIpc) is 2.58. The van der Waals surface area contributed by atoms with Gasteiger partial charge in [0.15, 0.2) is 11.5 Å². The highest BCUT2D eigenvalue weighted by atomic mass is 79.9. The minimum Gasteiger partial charge on any atom is -0.490 e. The summed E-state index contributed by atoms with van der Waals surface area (Å²) in [5, 5.41) is 3.21. The number of carbonyl (C=O) groups is 1. The fourth-order valence-corrected chi connectivity index (χ4v) is 2.83. The van der Waals surface area contributed by atoms with Crippen molar-refractivity contribution in [3.63, 3.8) is 0 Å². The van der Waals surface area contributed by atoms with Crippen molar-refractivity contribution < 1.29 is 14.3 Å². The van der Waals surface area contributed by atoms with E-state index >= 15 is 0 Å². The average molecular weight is 425 g/mol. The zero-order valence-electron chi connectivity index (χ0n) is 14.0. The van der Waals surface area contributed by atoms with Gasteiger partial charge in [-0.2, -0.15) is 0 Å². The molecular formula is C19H19BrClNO3. The summed E-state index contributed by atoms with van der Waals surface area (Å²) in [5.74, 6) is 1.08. The van der Waals surface area contributed by atoms with Gasteiger partial charge in [0.25, 0.3) is 0 Å². The van der Waals surface area contributed by atoms with Crippen LogP contribution in [0, 0.1) is 0 Å². The molecule has 0 fully saturated rings. The molecule has 0 heterocycles. The molecule has 0 atom stereocenters. The van der Waals surface area contributed by atoms with E-state index in [4.69, 9.17) is 21.1 Å². The predicted molar refractivity (Wildman–Crippen MR) is 106 cm³/mol. The molecule has 0 unspecified atom stereocenters. The molecule has 132 valence electrons. The van der Waals surface area contributed by atoms with E-state index in [2.05, 4.69) is 21.2 Å². The molecule has 2 rings (SSSR count). The van der Waals surface area contributed by atoms with Gasteiger partial charge >= 0.3 is 0 Å². The van der Waals surface area contributed by atoms with Crippen molar-refractivity contribution in [2.45, 2.75) is 13.8 Å². The maximum atomic E-state index is 12.1. The first kappa shape index (κ1) is 19.3. The van der Waals surface area contributed by atoms with Crippen LogP contribution in [0.4, 0.5) is 5.69 Å². The third-order valence-corrected chi connectivity index (χ3v) is 3.99. The summed E-state index contributed by atoms with van der Waals surface area (Å²) < 4.78 is 12.0. The molecule has 1 N–H and O–H groups in total. The van der Waals surface area contributed by atoms with Gasteiger partial charge in [-0.3, -0.25) is 4.79 Å². The van der Waals surface area contributed by atoms with E-state index in [1.807, 2.05) is 38.1 Å². The predicted octanol–water partition coefficient (Wildman–Crippen LogP) is 5.55. The fraction of sp³-hybridized carbons (Fsp3) is 0.211. The molecule has 2 aromatic carbocycles. The van der Waals surface area contributed by atoms with Gasteiger partial charge in [-0.1, -0.05) is 33.6 Å². The van der Waals surface area contributed by atoms with Gasteiger partial charge in [0.05, 0.1) is 23.9 Å². The first-order valence-corrected chi connectivity index (χ1v) is 9.04. The zero-order chi connectivity index (χ0) is 18.2. The third kappa shape index (κ3) is 5.80. The summed E-state index contributed by atoms with van der Waals surface area (Å²) in [5.41, 5.74) is 1.39. The molecule has 0 radical (unpaired) electrons. The Morgan fingerprint density at radius 2 is 1.84 bits per heavy atom. The summed E-state index contributed by atoms with van der Waals surface area (Å²) in [6, 6.07) is 10.8. The maximum Gasteiger partial charge on any atom is 0.248 e. The lowest BCUT2D eigenvalue weighted by atomic mass is 10.2. The topological polar surface area (TPSA) is 47.6 Å². The molecule has 1 amide bonds. The molecule has 0 aliphatic carbocycles. The van der Waals surface area contributed by atoms with Crippen molar-refractivity contribution in [2.24, 2.45) is 0 Å². The van der Waals surface area contributed by atoms with Crippen LogP contribution in [0.1, 0.15) is 19.4 Å². The summed E-state index contributed by atoms with van der Waals surface area (Å²) in [7, 11) is 0. The van der Waals surface area contributed by atoms with Crippen molar-refractivity contribution >= 4 is 45.2 Å². The number of hydrogen-bond acceptors (Lipinski definition) is 3. The van der Waals surface area contributed by atoms with Gasteiger partial charge in [-0.25, -0.2) is 0 Å². The smallest absolute Gasteiger partial charge is 0.248 e. The van der Waals surface area contributed by atoms with E-state index in [0.29, 0.717) is 35.4 Å². The number of halogens is 2. The Morgan fingerprint density at radius 1 is 1.12 bits per heavy atom. The molecule has 6 heteroatoms. The molecule has 0 aliphatic rings. The van der Waals surface area contributed by atoms with Crippen LogP contribution < -0.4 is 14.8 Å². The number of hydrogen-bond donors (Lipinski definition) is 1. The SMILES string of the molecule is CCOc1ccc(/C=C/C(=O)Nc2ccc(Br)cc2Cl)cc1OCC. The second kappa shape index (κ2) is 9.49. The number of nitrogens with one attached hydrogen (secondary N) is 1. The molecule has 0 aliphatic heterocycles. The second-order valence-corrected chi connectivity index (χ2v) is 6.34. The number of ether oxygens (including phenoxy) is 2. The highest BCUT2D eigenvalue weighted by Gasteiger charge is 2.06. The van der Waals surface area contributed by atoms with E-state index < -0.39 is 0 Å². The quantitative estimate of drug-likeness (QED) is 0.593. The fourth-order valence-electron chi connectivity index (χ4n) is 2.11. The standard InChI is InChI=1S/C19H19BrClNO3/c1-3-24-17-9-5-13(11-18(17)25-4-2)6-10-19(23)22-16-8-7-14(20)12-15(16)21/h5-12H,3-4H2,1-2H3,(H,22,23)/b10-6+.